The summed E-state index contributed by atoms with van der Waals surface area (Å²) < 4.78 is 30.2. The van der Waals surface area contributed by atoms with Gasteiger partial charge in [0.2, 0.25) is 0 Å². The van der Waals surface area contributed by atoms with Crippen LogP contribution < -0.4 is 0 Å². The van der Waals surface area contributed by atoms with Gasteiger partial charge in [0.15, 0.2) is 17.9 Å². The lowest BCUT2D eigenvalue weighted by Gasteiger charge is -2.38. The minimum absolute atomic E-state index is 0.172. The van der Waals surface area contributed by atoms with E-state index < -0.39 is 23.3 Å². The molecule has 6 nitrogen and oxygen atoms in total. The standard InChI is InChI=1S/C18H30O6/c1-6-18(9-7-8-10-19)13(12-11-20-16(2,3)22-12)21-15-14(18)23-17(4,5)24-15/h6,12-15,19H,1,7-11H2,2-5H3/t12-,13-,14+,15-,18+/m1/s1. The predicted octanol–water partition coefficient (Wildman–Crippen LogP) is 2.35. The van der Waals surface area contributed by atoms with Crippen LogP contribution in [0.3, 0.4) is 0 Å². The average molecular weight is 342 g/mol. The van der Waals surface area contributed by atoms with E-state index in [-0.39, 0.29) is 24.9 Å². The minimum atomic E-state index is -0.683. The third kappa shape index (κ3) is 3.16. The number of aliphatic hydroxyl groups excluding tert-OH is 1. The molecule has 3 fully saturated rings. The summed E-state index contributed by atoms with van der Waals surface area (Å²) in [5.74, 6) is -1.30. The molecule has 3 saturated heterocycles. The zero-order chi connectivity index (χ0) is 17.6. The number of hydrogen-bond acceptors (Lipinski definition) is 6. The zero-order valence-electron chi connectivity index (χ0n) is 15.1. The molecule has 0 aromatic heterocycles. The number of ether oxygens (including phenoxy) is 5. The van der Waals surface area contributed by atoms with Crippen LogP contribution in [0, 0.1) is 5.41 Å². The first-order chi connectivity index (χ1) is 11.2. The Morgan fingerprint density at radius 2 is 1.79 bits per heavy atom. The molecular formula is C18H30O6. The van der Waals surface area contributed by atoms with E-state index in [4.69, 9.17) is 28.8 Å². The lowest BCUT2D eigenvalue weighted by molar-refractivity contribution is -0.233. The Balaban J connectivity index is 1.85. The molecular weight excluding hydrogens is 312 g/mol. The molecule has 138 valence electrons. The van der Waals surface area contributed by atoms with Crippen molar-refractivity contribution in [3.8, 4) is 0 Å². The molecule has 0 amide bonds. The highest BCUT2D eigenvalue weighted by Gasteiger charge is 2.64. The van der Waals surface area contributed by atoms with Crippen molar-refractivity contribution in [3.05, 3.63) is 12.7 Å². The fourth-order valence-electron chi connectivity index (χ4n) is 4.09. The van der Waals surface area contributed by atoms with E-state index >= 15 is 0 Å². The van der Waals surface area contributed by atoms with Crippen LogP contribution in [0.25, 0.3) is 0 Å². The van der Waals surface area contributed by atoms with E-state index in [9.17, 15) is 0 Å². The van der Waals surface area contributed by atoms with E-state index in [1.807, 2.05) is 33.8 Å². The van der Waals surface area contributed by atoms with Gasteiger partial charge in [-0.15, -0.1) is 6.58 Å². The van der Waals surface area contributed by atoms with Crippen molar-refractivity contribution in [2.75, 3.05) is 13.2 Å². The van der Waals surface area contributed by atoms with Gasteiger partial charge in [-0.25, -0.2) is 0 Å². The molecule has 24 heavy (non-hydrogen) atoms. The highest BCUT2D eigenvalue weighted by molar-refractivity contribution is 5.14. The molecule has 3 aliphatic heterocycles. The van der Waals surface area contributed by atoms with Gasteiger partial charge in [-0.2, -0.15) is 0 Å². The van der Waals surface area contributed by atoms with Crippen molar-refractivity contribution in [2.24, 2.45) is 5.41 Å². The summed E-state index contributed by atoms with van der Waals surface area (Å²) in [5.41, 5.74) is -0.429. The summed E-state index contributed by atoms with van der Waals surface area (Å²) in [6.07, 6.45) is 3.19. The maximum atomic E-state index is 9.16. The second-order valence-corrected chi connectivity index (χ2v) is 7.85. The highest BCUT2D eigenvalue weighted by Crippen LogP contribution is 2.53. The Kier molecular flexibility index (Phi) is 4.83. The fourth-order valence-corrected chi connectivity index (χ4v) is 4.09. The summed E-state index contributed by atoms with van der Waals surface area (Å²) in [6.45, 7) is 12.3. The zero-order valence-corrected chi connectivity index (χ0v) is 15.1. The number of unbranched alkanes of at least 4 members (excludes halogenated alkanes) is 1. The van der Waals surface area contributed by atoms with Gasteiger partial charge in [0, 0.05) is 12.0 Å². The molecule has 0 aliphatic carbocycles. The van der Waals surface area contributed by atoms with Crippen molar-refractivity contribution < 1.29 is 28.8 Å². The van der Waals surface area contributed by atoms with Gasteiger partial charge in [-0.1, -0.05) is 12.5 Å². The summed E-state index contributed by atoms with van der Waals surface area (Å²) >= 11 is 0. The Labute approximate surface area is 144 Å². The van der Waals surface area contributed by atoms with Crippen LogP contribution in [0.1, 0.15) is 47.0 Å². The summed E-state index contributed by atoms with van der Waals surface area (Å²) in [4.78, 5) is 0. The predicted molar refractivity (Wildman–Crippen MR) is 87.2 cm³/mol. The smallest absolute Gasteiger partial charge is 0.188 e. The molecule has 6 heteroatoms. The summed E-state index contributed by atoms with van der Waals surface area (Å²) in [7, 11) is 0. The molecule has 0 spiro atoms. The fraction of sp³-hybridized carbons (Fsp3) is 0.889. The first-order valence-electron chi connectivity index (χ1n) is 8.80. The maximum Gasteiger partial charge on any atom is 0.188 e. The molecule has 0 aromatic rings. The number of fused-ring (bicyclic) bond motifs is 1. The van der Waals surface area contributed by atoms with Gasteiger partial charge in [0.25, 0.3) is 0 Å². The van der Waals surface area contributed by atoms with E-state index in [1.54, 1.807) is 0 Å². The van der Waals surface area contributed by atoms with Crippen LogP contribution in [0.15, 0.2) is 12.7 Å². The topological polar surface area (TPSA) is 66.4 Å². The normalized spacial score (nSPS) is 43.0. The molecule has 0 unspecified atom stereocenters. The molecule has 5 atom stereocenters. The van der Waals surface area contributed by atoms with Crippen molar-refractivity contribution >= 4 is 0 Å². The van der Waals surface area contributed by atoms with Gasteiger partial charge >= 0.3 is 0 Å². The quantitative estimate of drug-likeness (QED) is 0.590. The largest absolute Gasteiger partial charge is 0.396 e. The molecule has 3 heterocycles. The molecule has 3 rings (SSSR count). The maximum absolute atomic E-state index is 9.16. The van der Waals surface area contributed by atoms with Crippen LogP contribution >= 0.6 is 0 Å². The van der Waals surface area contributed by atoms with E-state index in [2.05, 4.69) is 6.58 Å². The van der Waals surface area contributed by atoms with Gasteiger partial charge < -0.3 is 28.8 Å². The van der Waals surface area contributed by atoms with Crippen molar-refractivity contribution in [2.45, 2.75) is 83.1 Å². The lowest BCUT2D eigenvalue weighted by Crippen LogP contribution is -2.47. The van der Waals surface area contributed by atoms with Crippen LogP contribution in [0.4, 0.5) is 0 Å². The van der Waals surface area contributed by atoms with Crippen molar-refractivity contribution in [1.29, 1.82) is 0 Å². The van der Waals surface area contributed by atoms with Gasteiger partial charge in [0.05, 0.1) is 6.61 Å². The Morgan fingerprint density at radius 1 is 1.04 bits per heavy atom. The van der Waals surface area contributed by atoms with Crippen LogP contribution in [0.5, 0.6) is 0 Å². The lowest BCUT2D eigenvalue weighted by atomic mass is 9.73. The van der Waals surface area contributed by atoms with Crippen molar-refractivity contribution in [3.63, 3.8) is 0 Å². The van der Waals surface area contributed by atoms with E-state index in [0.29, 0.717) is 6.61 Å². The SMILES string of the molecule is C=C[C@]1(CCCCO)[C@@H]([C@H]2COC(C)(C)O2)O[C@@H]2OC(C)(C)O[C@@H]21. The van der Waals surface area contributed by atoms with Crippen LogP contribution in [-0.2, 0) is 23.7 Å². The van der Waals surface area contributed by atoms with E-state index in [0.717, 1.165) is 19.3 Å². The summed E-state index contributed by atoms with van der Waals surface area (Å²) in [6, 6.07) is 0. The third-order valence-electron chi connectivity index (χ3n) is 5.16. The first kappa shape index (κ1) is 18.3. The number of rotatable bonds is 6. The Hall–Kier alpha value is -0.500. The summed E-state index contributed by atoms with van der Waals surface area (Å²) in [5, 5.41) is 9.16. The molecule has 0 bridgehead atoms. The van der Waals surface area contributed by atoms with Crippen molar-refractivity contribution in [1.82, 2.24) is 0 Å². The molecule has 0 aromatic carbocycles. The Morgan fingerprint density at radius 3 is 2.38 bits per heavy atom. The highest BCUT2D eigenvalue weighted by atomic mass is 16.8. The first-order valence-corrected chi connectivity index (χ1v) is 8.80. The molecule has 0 radical (unpaired) electrons. The molecule has 0 saturated carbocycles. The minimum Gasteiger partial charge on any atom is -0.396 e. The number of hydrogen-bond donors (Lipinski definition) is 1. The number of aliphatic hydroxyl groups is 1. The van der Waals surface area contributed by atoms with Gasteiger partial charge in [-0.3, -0.25) is 0 Å². The molecule has 3 aliphatic rings. The van der Waals surface area contributed by atoms with Crippen LogP contribution in [0.2, 0.25) is 0 Å². The monoisotopic (exact) mass is 342 g/mol. The second-order valence-electron chi connectivity index (χ2n) is 7.85. The van der Waals surface area contributed by atoms with Crippen LogP contribution in [-0.4, -0.2) is 54.5 Å². The third-order valence-corrected chi connectivity index (χ3v) is 5.16. The second kappa shape index (κ2) is 6.34. The molecule has 1 N–H and O–H groups in total. The van der Waals surface area contributed by atoms with E-state index in [1.165, 1.54) is 0 Å². The van der Waals surface area contributed by atoms with Gasteiger partial charge in [-0.05, 0) is 40.5 Å². The Bertz CT molecular complexity index is 476. The average Bonchev–Trinajstić information content (AvgIpc) is 3.09. The van der Waals surface area contributed by atoms with Gasteiger partial charge in [0.1, 0.15) is 18.3 Å².